The van der Waals surface area contributed by atoms with Crippen LogP contribution in [0.5, 0.6) is 5.75 Å². The Hall–Kier alpha value is -3.20. The van der Waals surface area contributed by atoms with Crippen molar-refractivity contribution in [3.8, 4) is 5.75 Å². The van der Waals surface area contributed by atoms with Crippen LogP contribution in [0.2, 0.25) is 0 Å². The van der Waals surface area contributed by atoms with Gasteiger partial charge in [0.25, 0.3) is 0 Å². The quantitative estimate of drug-likeness (QED) is 0.224. The molecular weight excluding hydrogens is 488 g/mol. The Balaban J connectivity index is 1.79. The lowest BCUT2D eigenvalue weighted by atomic mass is 9.84. The van der Waals surface area contributed by atoms with E-state index in [4.69, 9.17) is 0 Å². The summed E-state index contributed by atoms with van der Waals surface area (Å²) >= 11 is 0. The molecule has 0 saturated heterocycles. The number of allylic oxidation sites excluding steroid dienone is 1. The zero-order valence-electron chi connectivity index (χ0n) is 26.4. The second-order valence-electron chi connectivity index (χ2n) is 13.5. The molecule has 2 N–H and O–H groups in total. The standard InChI is InChI=1S/C37H52N2O/c1-25(2)19-27(5)21-30-11-13-32(14-12-30)38-33-15-17-34(18-16-33)39(29(7)20-26(3)4)24-31-22-28(6)36(40)35(23-31)37(8,9)10/h11-18,22-23,26-27,29,38,40H,1,19-21,24H2,2-10H3. The average molecular weight is 541 g/mol. The maximum atomic E-state index is 10.7. The number of anilines is 3. The van der Waals surface area contributed by atoms with Crippen molar-refractivity contribution in [2.75, 3.05) is 10.2 Å². The van der Waals surface area contributed by atoms with E-state index in [0.29, 0.717) is 23.6 Å². The molecule has 3 heteroatoms. The predicted molar refractivity (Wildman–Crippen MR) is 175 cm³/mol. The van der Waals surface area contributed by atoms with Gasteiger partial charge in [0.05, 0.1) is 0 Å². The number of phenols is 1. The molecule has 3 aromatic carbocycles. The van der Waals surface area contributed by atoms with Gasteiger partial charge in [-0.3, -0.25) is 0 Å². The maximum absolute atomic E-state index is 10.7. The highest BCUT2D eigenvalue weighted by Crippen LogP contribution is 2.35. The van der Waals surface area contributed by atoms with Crippen LogP contribution in [-0.2, 0) is 18.4 Å². The molecule has 3 rings (SSSR count). The third kappa shape index (κ3) is 8.91. The number of nitrogens with one attached hydrogen (secondary N) is 1. The summed E-state index contributed by atoms with van der Waals surface area (Å²) in [6, 6.07) is 22.3. The van der Waals surface area contributed by atoms with Crippen LogP contribution in [0.15, 0.2) is 72.8 Å². The van der Waals surface area contributed by atoms with Gasteiger partial charge in [0, 0.05) is 29.6 Å². The summed E-state index contributed by atoms with van der Waals surface area (Å²) in [7, 11) is 0. The fraction of sp³-hybridized carbons (Fsp3) is 0.459. The van der Waals surface area contributed by atoms with E-state index in [0.717, 1.165) is 48.3 Å². The molecule has 40 heavy (non-hydrogen) atoms. The first-order valence-corrected chi connectivity index (χ1v) is 14.9. The number of phenolic OH excluding ortho intramolecular Hbond substituents is 1. The van der Waals surface area contributed by atoms with Crippen LogP contribution in [0.4, 0.5) is 17.1 Å². The maximum Gasteiger partial charge on any atom is 0.122 e. The molecule has 0 saturated carbocycles. The molecule has 2 atom stereocenters. The molecule has 216 valence electrons. The second kappa shape index (κ2) is 13.4. The molecule has 0 aromatic heterocycles. The zero-order chi connectivity index (χ0) is 29.6. The monoisotopic (exact) mass is 540 g/mol. The van der Waals surface area contributed by atoms with Crippen molar-refractivity contribution < 1.29 is 5.11 Å². The van der Waals surface area contributed by atoms with Gasteiger partial charge >= 0.3 is 0 Å². The molecule has 3 nitrogen and oxygen atoms in total. The third-order valence-corrected chi connectivity index (χ3v) is 7.59. The minimum absolute atomic E-state index is 0.117. The Morgan fingerprint density at radius 3 is 2.00 bits per heavy atom. The SMILES string of the molecule is C=C(C)CC(C)Cc1ccc(Nc2ccc(N(Cc3cc(C)c(O)c(C(C)(C)C)c3)C(C)CC(C)C)cc2)cc1. The highest BCUT2D eigenvalue weighted by Gasteiger charge is 2.22. The van der Waals surface area contributed by atoms with Crippen LogP contribution in [0, 0.1) is 18.8 Å². The molecule has 0 heterocycles. The Morgan fingerprint density at radius 2 is 1.48 bits per heavy atom. The van der Waals surface area contributed by atoms with Crippen molar-refractivity contribution in [1.82, 2.24) is 0 Å². The van der Waals surface area contributed by atoms with E-state index in [1.165, 1.54) is 22.4 Å². The first-order chi connectivity index (χ1) is 18.7. The van der Waals surface area contributed by atoms with Gasteiger partial charge in [-0.2, -0.15) is 0 Å². The summed E-state index contributed by atoms with van der Waals surface area (Å²) in [5.74, 6) is 1.63. The van der Waals surface area contributed by atoms with Crippen molar-refractivity contribution in [3.05, 3.63) is 95.1 Å². The van der Waals surface area contributed by atoms with Crippen molar-refractivity contribution in [3.63, 3.8) is 0 Å². The Kier molecular flexibility index (Phi) is 10.5. The molecule has 3 aromatic rings. The van der Waals surface area contributed by atoms with E-state index in [9.17, 15) is 5.11 Å². The molecule has 0 spiro atoms. The summed E-state index contributed by atoms with van der Waals surface area (Å²) in [6.07, 6.45) is 3.26. The van der Waals surface area contributed by atoms with Crippen molar-refractivity contribution in [1.29, 1.82) is 0 Å². The fourth-order valence-electron chi connectivity index (χ4n) is 5.72. The number of aromatic hydroxyl groups is 1. The summed E-state index contributed by atoms with van der Waals surface area (Å²) in [5.41, 5.74) is 9.07. The molecule has 0 amide bonds. The van der Waals surface area contributed by atoms with Crippen molar-refractivity contribution >= 4 is 17.1 Å². The lowest BCUT2D eigenvalue weighted by Crippen LogP contribution is -2.33. The van der Waals surface area contributed by atoms with Gasteiger partial charge in [-0.05, 0) is 122 Å². The van der Waals surface area contributed by atoms with Gasteiger partial charge in [0.15, 0.2) is 0 Å². The summed E-state index contributed by atoms with van der Waals surface area (Å²) in [6.45, 7) is 24.6. The van der Waals surface area contributed by atoms with E-state index < -0.39 is 0 Å². The van der Waals surface area contributed by atoms with Crippen LogP contribution in [0.3, 0.4) is 0 Å². The summed E-state index contributed by atoms with van der Waals surface area (Å²) in [5, 5.41) is 14.3. The number of hydrogen-bond acceptors (Lipinski definition) is 3. The smallest absolute Gasteiger partial charge is 0.122 e. The molecule has 0 fully saturated rings. The van der Waals surface area contributed by atoms with E-state index in [1.807, 2.05) is 6.92 Å². The highest BCUT2D eigenvalue weighted by atomic mass is 16.3. The molecule has 0 aliphatic rings. The van der Waals surface area contributed by atoms with Gasteiger partial charge in [-0.15, -0.1) is 6.58 Å². The minimum atomic E-state index is -0.117. The number of rotatable bonds is 12. The molecule has 0 radical (unpaired) electrons. The first kappa shape index (κ1) is 31.3. The van der Waals surface area contributed by atoms with Gasteiger partial charge in [-0.25, -0.2) is 0 Å². The van der Waals surface area contributed by atoms with Crippen molar-refractivity contribution in [2.45, 2.75) is 99.6 Å². The summed E-state index contributed by atoms with van der Waals surface area (Å²) in [4.78, 5) is 2.50. The normalized spacial score (nSPS) is 13.2. The second-order valence-corrected chi connectivity index (χ2v) is 13.5. The van der Waals surface area contributed by atoms with Gasteiger partial charge in [0.2, 0.25) is 0 Å². The number of hydrogen-bond donors (Lipinski definition) is 2. The molecule has 0 aliphatic heterocycles. The fourth-order valence-corrected chi connectivity index (χ4v) is 5.72. The lowest BCUT2D eigenvalue weighted by molar-refractivity contribution is 0.442. The van der Waals surface area contributed by atoms with Gasteiger partial charge in [-0.1, -0.05) is 65.3 Å². The Morgan fingerprint density at radius 1 is 0.900 bits per heavy atom. The third-order valence-electron chi connectivity index (χ3n) is 7.59. The predicted octanol–water partition coefficient (Wildman–Crippen LogP) is 10.3. The van der Waals surface area contributed by atoms with Crippen LogP contribution in [0.25, 0.3) is 0 Å². The largest absolute Gasteiger partial charge is 0.507 e. The molecule has 0 bridgehead atoms. The Labute approximate surface area is 244 Å². The Bertz CT molecular complexity index is 1250. The van der Waals surface area contributed by atoms with Gasteiger partial charge < -0.3 is 15.3 Å². The van der Waals surface area contributed by atoms with E-state index in [2.05, 4.69) is 133 Å². The van der Waals surface area contributed by atoms with E-state index >= 15 is 0 Å². The summed E-state index contributed by atoms with van der Waals surface area (Å²) < 4.78 is 0. The van der Waals surface area contributed by atoms with E-state index in [1.54, 1.807) is 0 Å². The van der Waals surface area contributed by atoms with Gasteiger partial charge in [0.1, 0.15) is 5.75 Å². The average Bonchev–Trinajstić information content (AvgIpc) is 2.84. The van der Waals surface area contributed by atoms with Crippen LogP contribution >= 0.6 is 0 Å². The number of aryl methyl sites for hydroxylation is 1. The highest BCUT2D eigenvalue weighted by molar-refractivity contribution is 5.63. The first-order valence-electron chi connectivity index (χ1n) is 14.9. The molecule has 2 unspecified atom stereocenters. The van der Waals surface area contributed by atoms with E-state index in [-0.39, 0.29) is 5.41 Å². The zero-order valence-corrected chi connectivity index (χ0v) is 26.4. The number of benzene rings is 3. The lowest BCUT2D eigenvalue weighted by Gasteiger charge is -2.33. The van der Waals surface area contributed by atoms with Crippen LogP contribution < -0.4 is 10.2 Å². The molecular formula is C37H52N2O. The van der Waals surface area contributed by atoms with Crippen molar-refractivity contribution in [2.24, 2.45) is 11.8 Å². The topological polar surface area (TPSA) is 35.5 Å². The number of nitrogens with zero attached hydrogens (tertiary/aromatic N) is 1. The minimum Gasteiger partial charge on any atom is -0.507 e. The van der Waals surface area contributed by atoms with Crippen LogP contribution in [-0.4, -0.2) is 11.1 Å². The van der Waals surface area contributed by atoms with Crippen LogP contribution in [0.1, 0.15) is 90.5 Å². The molecule has 0 aliphatic carbocycles.